The van der Waals surface area contributed by atoms with Crippen LogP contribution in [-0.2, 0) is 6.54 Å². The second-order valence-corrected chi connectivity index (χ2v) is 6.67. The van der Waals surface area contributed by atoms with Crippen LogP contribution in [-0.4, -0.2) is 9.78 Å². The molecule has 1 saturated carbocycles. The van der Waals surface area contributed by atoms with Gasteiger partial charge >= 0.3 is 0 Å². The van der Waals surface area contributed by atoms with E-state index in [1.165, 1.54) is 37.8 Å². The summed E-state index contributed by atoms with van der Waals surface area (Å²) in [6.07, 6.45) is 9.52. The molecule has 0 saturated heterocycles. The van der Waals surface area contributed by atoms with Gasteiger partial charge in [-0.2, -0.15) is 5.10 Å². The zero-order valence-corrected chi connectivity index (χ0v) is 13.7. The third-order valence-corrected chi connectivity index (χ3v) is 5.17. The van der Waals surface area contributed by atoms with E-state index in [1.807, 2.05) is 6.20 Å². The van der Waals surface area contributed by atoms with Crippen molar-refractivity contribution in [3.63, 3.8) is 0 Å². The van der Waals surface area contributed by atoms with Crippen LogP contribution in [0.4, 0.5) is 0 Å². The van der Waals surface area contributed by atoms with E-state index < -0.39 is 0 Å². The van der Waals surface area contributed by atoms with Crippen molar-refractivity contribution in [2.24, 2.45) is 17.6 Å². The minimum atomic E-state index is 0.126. The third-order valence-electron chi connectivity index (χ3n) is 4.56. The summed E-state index contributed by atoms with van der Waals surface area (Å²) in [6.45, 7) is 5.44. The molecule has 1 aliphatic carbocycles. The summed E-state index contributed by atoms with van der Waals surface area (Å²) in [6, 6.07) is 0.126. The maximum absolute atomic E-state index is 6.54. The van der Waals surface area contributed by atoms with E-state index in [1.54, 1.807) is 0 Å². The summed E-state index contributed by atoms with van der Waals surface area (Å²) in [4.78, 5) is 0. The monoisotopic (exact) mass is 327 g/mol. The molecule has 0 aliphatic heterocycles. The van der Waals surface area contributed by atoms with Crippen molar-refractivity contribution in [2.45, 2.75) is 65.0 Å². The maximum atomic E-state index is 6.54. The van der Waals surface area contributed by atoms with Crippen molar-refractivity contribution < 1.29 is 0 Å². The first kappa shape index (κ1) is 15.0. The summed E-state index contributed by atoms with van der Waals surface area (Å²) in [5, 5.41) is 4.44. The molecule has 1 heterocycles. The van der Waals surface area contributed by atoms with Crippen LogP contribution in [0.1, 0.15) is 64.1 Å². The van der Waals surface area contributed by atoms with Gasteiger partial charge in [0.25, 0.3) is 0 Å². The summed E-state index contributed by atoms with van der Waals surface area (Å²) >= 11 is 3.62. The Bertz CT molecular complexity index is 394. The Morgan fingerprint density at radius 1 is 1.37 bits per heavy atom. The largest absolute Gasteiger partial charge is 0.322 e. The molecule has 108 valence electrons. The van der Waals surface area contributed by atoms with Crippen LogP contribution in [0.15, 0.2) is 10.7 Å². The van der Waals surface area contributed by atoms with Gasteiger partial charge in [0.2, 0.25) is 0 Å². The lowest BCUT2D eigenvalue weighted by atomic mass is 9.77. The van der Waals surface area contributed by atoms with Crippen LogP contribution in [0.5, 0.6) is 0 Å². The summed E-state index contributed by atoms with van der Waals surface area (Å²) in [5.41, 5.74) is 7.74. The van der Waals surface area contributed by atoms with E-state index in [0.717, 1.165) is 23.4 Å². The summed E-state index contributed by atoms with van der Waals surface area (Å²) in [7, 11) is 0. The van der Waals surface area contributed by atoms with Gasteiger partial charge in [-0.25, -0.2) is 0 Å². The van der Waals surface area contributed by atoms with E-state index in [0.29, 0.717) is 5.92 Å². The highest BCUT2D eigenvalue weighted by molar-refractivity contribution is 9.10. The fraction of sp³-hybridized carbons (Fsp3) is 0.800. The first-order chi connectivity index (χ1) is 9.17. The smallest absolute Gasteiger partial charge is 0.0696 e. The maximum Gasteiger partial charge on any atom is 0.0696 e. The van der Waals surface area contributed by atoms with Crippen LogP contribution in [0.25, 0.3) is 0 Å². The van der Waals surface area contributed by atoms with Gasteiger partial charge in [-0.15, -0.1) is 0 Å². The van der Waals surface area contributed by atoms with Gasteiger partial charge in [-0.1, -0.05) is 33.1 Å². The van der Waals surface area contributed by atoms with E-state index in [9.17, 15) is 0 Å². The average Bonchev–Trinajstić information content (AvgIpc) is 2.80. The van der Waals surface area contributed by atoms with Crippen molar-refractivity contribution in [3.8, 4) is 0 Å². The van der Waals surface area contributed by atoms with E-state index in [-0.39, 0.29) is 6.04 Å². The van der Waals surface area contributed by atoms with Crippen LogP contribution in [0, 0.1) is 11.8 Å². The Kier molecular flexibility index (Phi) is 5.46. The van der Waals surface area contributed by atoms with Gasteiger partial charge in [-0.05, 0) is 47.0 Å². The zero-order chi connectivity index (χ0) is 13.8. The number of aromatic nitrogens is 2. The van der Waals surface area contributed by atoms with Crippen molar-refractivity contribution >= 4 is 15.9 Å². The molecular weight excluding hydrogens is 302 g/mol. The number of nitrogens with two attached hydrogens (primary N) is 1. The molecule has 0 bridgehead atoms. The topological polar surface area (TPSA) is 43.8 Å². The third kappa shape index (κ3) is 3.40. The number of hydrogen-bond acceptors (Lipinski definition) is 2. The minimum absolute atomic E-state index is 0.126. The van der Waals surface area contributed by atoms with E-state index in [4.69, 9.17) is 5.73 Å². The molecule has 0 aromatic carbocycles. The minimum Gasteiger partial charge on any atom is -0.322 e. The highest BCUT2D eigenvalue weighted by Crippen LogP contribution is 2.38. The van der Waals surface area contributed by atoms with Crippen LogP contribution < -0.4 is 5.73 Å². The number of rotatable bonds is 5. The van der Waals surface area contributed by atoms with Crippen molar-refractivity contribution in [1.82, 2.24) is 9.78 Å². The van der Waals surface area contributed by atoms with E-state index in [2.05, 4.69) is 39.6 Å². The molecule has 0 spiro atoms. The second kappa shape index (κ2) is 6.89. The normalized spacial score (nSPS) is 25.5. The lowest BCUT2D eigenvalue weighted by Crippen LogP contribution is -2.28. The van der Waals surface area contributed by atoms with Gasteiger partial charge in [-0.3, -0.25) is 4.68 Å². The number of nitrogens with zero attached hydrogens (tertiary/aromatic N) is 2. The Labute approximate surface area is 125 Å². The molecule has 3 nitrogen and oxygen atoms in total. The number of aryl methyl sites for hydroxylation is 1. The lowest BCUT2D eigenvalue weighted by Gasteiger charge is -2.32. The Morgan fingerprint density at radius 3 is 2.63 bits per heavy atom. The molecular formula is C15H26BrN3. The fourth-order valence-electron chi connectivity index (χ4n) is 3.27. The number of halogens is 1. The number of hydrogen-bond donors (Lipinski definition) is 1. The lowest BCUT2D eigenvalue weighted by molar-refractivity contribution is 0.234. The quantitative estimate of drug-likeness (QED) is 0.877. The molecule has 2 N–H and O–H groups in total. The van der Waals surface area contributed by atoms with Gasteiger partial charge in [0, 0.05) is 6.54 Å². The van der Waals surface area contributed by atoms with Crippen molar-refractivity contribution in [2.75, 3.05) is 0 Å². The Morgan fingerprint density at radius 2 is 2.05 bits per heavy atom. The molecule has 1 aromatic rings. The molecule has 1 aliphatic rings. The molecule has 19 heavy (non-hydrogen) atoms. The standard InChI is InChI=1S/C15H26BrN3/c1-3-9-19-15(13(16)10-18-19)14(17)12-7-5-11(4-2)6-8-12/h10-12,14H,3-9,17H2,1-2H3. The molecule has 1 atom stereocenters. The van der Waals surface area contributed by atoms with Crippen LogP contribution in [0.3, 0.4) is 0 Å². The molecule has 0 amide bonds. The molecule has 1 fully saturated rings. The molecule has 0 radical (unpaired) electrons. The first-order valence-electron chi connectivity index (χ1n) is 7.64. The molecule has 2 rings (SSSR count). The Hall–Kier alpha value is -0.350. The van der Waals surface area contributed by atoms with Crippen molar-refractivity contribution in [3.05, 3.63) is 16.4 Å². The first-order valence-corrected chi connectivity index (χ1v) is 8.43. The van der Waals surface area contributed by atoms with Gasteiger partial charge in [0.1, 0.15) is 0 Å². The zero-order valence-electron chi connectivity index (χ0n) is 12.1. The van der Waals surface area contributed by atoms with Crippen molar-refractivity contribution in [1.29, 1.82) is 0 Å². The Balaban J connectivity index is 2.07. The molecule has 1 unspecified atom stereocenters. The van der Waals surface area contributed by atoms with Crippen LogP contribution >= 0.6 is 15.9 Å². The molecule has 1 aromatic heterocycles. The summed E-state index contributed by atoms with van der Waals surface area (Å²) in [5.74, 6) is 1.54. The predicted octanol–water partition coefficient (Wildman–Crippen LogP) is 4.27. The average molecular weight is 328 g/mol. The van der Waals surface area contributed by atoms with Gasteiger partial charge in [0.05, 0.1) is 22.4 Å². The van der Waals surface area contributed by atoms with Crippen LogP contribution in [0.2, 0.25) is 0 Å². The highest BCUT2D eigenvalue weighted by atomic mass is 79.9. The SMILES string of the molecule is CCCn1ncc(Br)c1C(N)C1CCC(CC)CC1. The molecule has 4 heteroatoms. The van der Waals surface area contributed by atoms with E-state index >= 15 is 0 Å². The second-order valence-electron chi connectivity index (χ2n) is 5.82. The predicted molar refractivity (Wildman–Crippen MR) is 82.9 cm³/mol. The van der Waals surface area contributed by atoms with Gasteiger partial charge < -0.3 is 5.73 Å². The van der Waals surface area contributed by atoms with Gasteiger partial charge in [0.15, 0.2) is 0 Å². The summed E-state index contributed by atoms with van der Waals surface area (Å²) < 4.78 is 3.16. The highest BCUT2D eigenvalue weighted by Gasteiger charge is 2.28. The fourth-order valence-corrected chi connectivity index (χ4v) is 3.83.